The molecule has 0 aromatic rings. The maximum atomic E-state index is 10.6. The summed E-state index contributed by atoms with van der Waals surface area (Å²) in [7, 11) is -3.09. The van der Waals surface area contributed by atoms with Gasteiger partial charge in [0.15, 0.2) is 9.84 Å². The molecule has 0 unspecified atom stereocenters. The Balaban J connectivity index is 3.54. The van der Waals surface area contributed by atoms with Gasteiger partial charge < -0.3 is 9.47 Å². The van der Waals surface area contributed by atoms with Crippen molar-refractivity contribution in [1.29, 1.82) is 0 Å². The molecule has 0 fully saturated rings. The lowest BCUT2D eigenvalue weighted by atomic mass is 10.7. The van der Waals surface area contributed by atoms with Crippen molar-refractivity contribution in [1.82, 2.24) is 0 Å². The summed E-state index contributed by atoms with van der Waals surface area (Å²) in [6.07, 6.45) is 1.56. The van der Waals surface area contributed by atoms with Crippen molar-refractivity contribution in [2.75, 3.05) is 25.2 Å². The lowest BCUT2D eigenvalue weighted by molar-refractivity contribution is 0.0679. The summed E-state index contributed by atoms with van der Waals surface area (Å²) in [6.45, 7) is 3.19. The van der Waals surface area contributed by atoms with Crippen LogP contribution in [0.5, 0.6) is 0 Å². The monoisotopic (exact) mass is 208 g/mol. The van der Waals surface area contributed by atoms with E-state index in [2.05, 4.69) is 16.1 Å². The van der Waals surface area contributed by atoms with Gasteiger partial charge in [0.2, 0.25) is 0 Å². The Kier molecular flexibility index (Phi) is 5.13. The molecule has 0 amide bonds. The Labute approximate surface area is 77.3 Å². The SMILES string of the molecule is C=CCOC(=O)OCCS(C)(=O)=O. The first-order chi connectivity index (χ1) is 5.95. The van der Waals surface area contributed by atoms with Crippen LogP contribution in [0.25, 0.3) is 0 Å². The summed E-state index contributed by atoms with van der Waals surface area (Å²) in [4.78, 5) is 10.6. The maximum Gasteiger partial charge on any atom is 0.508 e. The van der Waals surface area contributed by atoms with Crippen molar-refractivity contribution in [2.45, 2.75) is 0 Å². The fourth-order valence-electron chi connectivity index (χ4n) is 0.445. The van der Waals surface area contributed by atoms with Gasteiger partial charge in [0.25, 0.3) is 0 Å². The molecule has 0 aliphatic rings. The fourth-order valence-corrected chi connectivity index (χ4v) is 0.831. The van der Waals surface area contributed by atoms with Gasteiger partial charge in [-0.15, -0.1) is 0 Å². The third-order valence-electron chi connectivity index (χ3n) is 0.993. The summed E-state index contributed by atoms with van der Waals surface area (Å²) in [5.41, 5.74) is 0. The molecule has 76 valence electrons. The van der Waals surface area contributed by atoms with Gasteiger partial charge in [0, 0.05) is 6.26 Å². The number of hydrogen-bond donors (Lipinski definition) is 0. The van der Waals surface area contributed by atoms with Gasteiger partial charge in [-0.1, -0.05) is 12.7 Å². The molecule has 0 saturated carbocycles. The lowest BCUT2D eigenvalue weighted by Crippen LogP contribution is -2.15. The Morgan fingerprint density at radius 3 is 2.54 bits per heavy atom. The van der Waals surface area contributed by atoms with Gasteiger partial charge in [-0.3, -0.25) is 0 Å². The summed E-state index contributed by atoms with van der Waals surface area (Å²) >= 11 is 0. The maximum absolute atomic E-state index is 10.6. The fraction of sp³-hybridized carbons (Fsp3) is 0.571. The number of rotatable bonds is 5. The first-order valence-corrected chi connectivity index (χ1v) is 5.60. The number of sulfone groups is 1. The van der Waals surface area contributed by atoms with Crippen molar-refractivity contribution >= 4 is 16.0 Å². The third-order valence-corrected chi connectivity index (χ3v) is 1.90. The zero-order chi connectivity index (χ0) is 10.3. The molecule has 0 heterocycles. The highest BCUT2D eigenvalue weighted by Gasteiger charge is 2.06. The molecule has 0 bridgehead atoms. The summed E-state index contributed by atoms with van der Waals surface area (Å²) in [5.74, 6) is -0.198. The second-order valence-corrected chi connectivity index (χ2v) is 4.59. The van der Waals surface area contributed by atoms with Gasteiger partial charge >= 0.3 is 6.16 Å². The van der Waals surface area contributed by atoms with E-state index in [-0.39, 0.29) is 19.0 Å². The zero-order valence-corrected chi connectivity index (χ0v) is 8.17. The highest BCUT2D eigenvalue weighted by molar-refractivity contribution is 7.90. The lowest BCUT2D eigenvalue weighted by Gasteiger charge is -2.02. The second-order valence-electron chi connectivity index (χ2n) is 2.33. The van der Waals surface area contributed by atoms with E-state index in [1.807, 2.05) is 0 Å². The van der Waals surface area contributed by atoms with Crippen LogP contribution in [0.3, 0.4) is 0 Å². The van der Waals surface area contributed by atoms with Crippen LogP contribution in [0.1, 0.15) is 0 Å². The van der Waals surface area contributed by atoms with E-state index in [0.29, 0.717) is 0 Å². The van der Waals surface area contributed by atoms with E-state index in [4.69, 9.17) is 0 Å². The average Bonchev–Trinajstić information content (AvgIpc) is 1.98. The third kappa shape index (κ3) is 8.87. The van der Waals surface area contributed by atoms with E-state index in [0.717, 1.165) is 6.26 Å². The topological polar surface area (TPSA) is 69.7 Å². The summed E-state index contributed by atoms with van der Waals surface area (Å²) in [6, 6.07) is 0. The van der Waals surface area contributed by atoms with Crippen LogP contribution in [0.2, 0.25) is 0 Å². The second kappa shape index (κ2) is 5.58. The van der Waals surface area contributed by atoms with Gasteiger partial charge in [0.05, 0.1) is 5.75 Å². The number of hydrogen-bond acceptors (Lipinski definition) is 5. The van der Waals surface area contributed by atoms with Crippen LogP contribution in [-0.2, 0) is 19.3 Å². The smallest absolute Gasteiger partial charge is 0.433 e. The van der Waals surface area contributed by atoms with Crippen molar-refractivity contribution in [3.8, 4) is 0 Å². The zero-order valence-electron chi connectivity index (χ0n) is 7.36. The predicted molar refractivity (Wildman–Crippen MR) is 47.2 cm³/mol. The largest absolute Gasteiger partial charge is 0.508 e. The van der Waals surface area contributed by atoms with E-state index in [1.54, 1.807) is 0 Å². The Bertz CT molecular complexity index is 267. The Morgan fingerprint density at radius 2 is 2.08 bits per heavy atom. The van der Waals surface area contributed by atoms with E-state index < -0.39 is 16.0 Å². The number of ether oxygens (including phenoxy) is 2. The standard InChI is InChI=1S/C7H12O5S/c1-3-4-11-7(8)12-5-6-13(2,9)10/h3H,1,4-6H2,2H3. The van der Waals surface area contributed by atoms with E-state index in [1.165, 1.54) is 6.08 Å². The van der Waals surface area contributed by atoms with Crippen LogP contribution in [0, 0.1) is 0 Å². The van der Waals surface area contributed by atoms with Crippen LogP contribution in [-0.4, -0.2) is 39.8 Å². The van der Waals surface area contributed by atoms with Crippen LogP contribution < -0.4 is 0 Å². The quantitative estimate of drug-likeness (QED) is 0.482. The van der Waals surface area contributed by atoms with Crippen LogP contribution in [0.15, 0.2) is 12.7 Å². The van der Waals surface area contributed by atoms with Crippen molar-refractivity contribution in [3.63, 3.8) is 0 Å². The molecular weight excluding hydrogens is 196 g/mol. The number of carbonyl (C=O) groups is 1. The molecule has 0 saturated heterocycles. The molecule has 6 heteroatoms. The molecule has 13 heavy (non-hydrogen) atoms. The molecule has 0 aromatic carbocycles. The average molecular weight is 208 g/mol. The molecule has 0 aromatic heterocycles. The number of carbonyl (C=O) groups excluding carboxylic acids is 1. The van der Waals surface area contributed by atoms with Crippen molar-refractivity contribution in [2.24, 2.45) is 0 Å². The molecule has 0 N–H and O–H groups in total. The highest BCUT2D eigenvalue weighted by atomic mass is 32.2. The molecule has 5 nitrogen and oxygen atoms in total. The minimum Gasteiger partial charge on any atom is -0.433 e. The molecule has 0 rings (SSSR count). The minimum atomic E-state index is -3.09. The molecular formula is C7H12O5S. The predicted octanol–water partition coefficient (Wildman–Crippen LogP) is 0.370. The first kappa shape index (κ1) is 12.0. The van der Waals surface area contributed by atoms with Crippen LogP contribution in [0.4, 0.5) is 4.79 Å². The molecule has 0 atom stereocenters. The highest BCUT2D eigenvalue weighted by Crippen LogP contribution is 1.88. The molecule has 0 radical (unpaired) electrons. The summed E-state index contributed by atoms with van der Waals surface area (Å²) in [5, 5.41) is 0. The van der Waals surface area contributed by atoms with Crippen molar-refractivity contribution in [3.05, 3.63) is 12.7 Å². The van der Waals surface area contributed by atoms with Crippen molar-refractivity contribution < 1.29 is 22.7 Å². The normalized spacial score (nSPS) is 10.5. The molecule has 0 aliphatic heterocycles. The van der Waals surface area contributed by atoms with Crippen LogP contribution >= 0.6 is 0 Å². The van der Waals surface area contributed by atoms with E-state index >= 15 is 0 Å². The van der Waals surface area contributed by atoms with E-state index in [9.17, 15) is 13.2 Å². The van der Waals surface area contributed by atoms with Gasteiger partial charge in [0.1, 0.15) is 13.2 Å². The van der Waals surface area contributed by atoms with Gasteiger partial charge in [-0.25, -0.2) is 13.2 Å². The summed E-state index contributed by atoms with van der Waals surface area (Å²) < 4.78 is 30.0. The molecule has 0 spiro atoms. The molecule has 0 aliphatic carbocycles. The van der Waals surface area contributed by atoms with Gasteiger partial charge in [-0.05, 0) is 0 Å². The van der Waals surface area contributed by atoms with Gasteiger partial charge in [-0.2, -0.15) is 0 Å². The minimum absolute atomic E-state index is 0.0533. The Hall–Kier alpha value is -1.04. The Morgan fingerprint density at radius 1 is 1.46 bits per heavy atom. The first-order valence-electron chi connectivity index (χ1n) is 3.54.